The van der Waals surface area contributed by atoms with E-state index < -0.39 is 18.0 Å². The summed E-state index contributed by atoms with van der Waals surface area (Å²) in [6.07, 6.45) is 0.843. The van der Waals surface area contributed by atoms with Crippen molar-refractivity contribution >= 4 is 29.5 Å². The average Bonchev–Trinajstić information content (AvgIpc) is 3.41. The molecule has 0 bridgehead atoms. The summed E-state index contributed by atoms with van der Waals surface area (Å²) in [4.78, 5) is 41.4. The van der Waals surface area contributed by atoms with E-state index in [1.165, 1.54) is 16.7 Å². The highest BCUT2D eigenvalue weighted by molar-refractivity contribution is 8.03. The molecule has 4 aliphatic heterocycles. The first-order valence-corrected chi connectivity index (χ1v) is 11.9. The van der Waals surface area contributed by atoms with Crippen molar-refractivity contribution in [2.75, 3.05) is 33.2 Å². The van der Waals surface area contributed by atoms with Gasteiger partial charge in [-0.25, -0.2) is 4.79 Å². The molecule has 0 aromatic rings. The number of nitrogens with one attached hydrogen (secondary N) is 2. The Labute approximate surface area is 186 Å². The lowest BCUT2D eigenvalue weighted by molar-refractivity contribution is -0.163. The van der Waals surface area contributed by atoms with Crippen LogP contribution >= 0.6 is 11.8 Å². The number of carboxylic acids is 1. The fourth-order valence-electron chi connectivity index (χ4n) is 5.55. The molecular formula is C21H32N4O5S. The molecule has 3 saturated heterocycles. The van der Waals surface area contributed by atoms with Gasteiger partial charge in [0.15, 0.2) is 0 Å². The SMILES string of the molecule is CNC[C@H]1CCN(C(=O)[C@@H]2CC(SC3=C(C(=O)O)N4C(=O)C([C@@H](C)O)[C@H]4[C@H]3C)CN2)C1. The minimum atomic E-state index is -1.11. The maximum absolute atomic E-state index is 12.9. The molecule has 2 unspecified atom stereocenters. The van der Waals surface area contributed by atoms with Crippen molar-refractivity contribution in [3.8, 4) is 0 Å². The lowest BCUT2D eigenvalue weighted by atomic mass is 9.79. The molecule has 4 rings (SSSR count). The minimum absolute atomic E-state index is 0.0497. The van der Waals surface area contributed by atoms with Gasteiger partial charge >= 0.3 is 5.97 Å². The topological polar surface area (TPSA) is 122 Å². The van der Waals surface area contributed by atoms with Crippen LogP contribution < -0.4 is 10.6 Å². The number of carbonyl (C=O) groups excluding carboxylic acids is 2. The highest BCUT2D eigenvalue weighted by atomic mass is 32.2. The predicted molar refractivity (Wildman–Crippen MR) is 116 cm³/mol. The zero-order chi connectivity index (χ0) is 22.4. The molecule has 0 aromatic heterocycles. The number of amides is 2. The van der Waals surface area contributed by atoms with Crippen LogP contribution in [0, 0.1) is 17.8 Å². The first-order chi connectivity index (χ1) is 14.7. The number of hydrogen-bond acceptors (Lipinski definition) is 7. The smallest absolute Gasteiger partial charge is 0.353 e. The van der Waals surface area contributed by atoms with Crippen LogP contribution in [0.5, 0.6) is 0 Å². The van der Waals surface area contributed by atoms with E-state index in [2.05, 4.69) is 10.6 Å². The predicted octanol–water partition coefficient (Wildman–Crippen LogP) is -0.328. The Hall–Kier alpha value is -1.62. The van der Waals surface area contributed by atoms with E-state index in [1.54, 1.807) is 6.92 Å². The Morgan fingerprint density at radius 3 is 2.77 bits per heavy atom. The molecule has 0 saturated carbocycles. The number of thioether (sulfide) groups is 1. The van der Waals surface area contributed by atoms with Crippen LogP contribution in [0.15, 0.2) is 10.6 Å². The van der Waals surface area contributed by atoms with Gasteiger partial charge in [-0.05, 0) is 39.3 Å². The molecule has 172 valence electrons. The van der Waals surface area contributed by atoms with Crippen LogP contribution in [-0.4, -0.2) is 94.5 Å². The van der Waals surface area contributed by atoms with E-state index in [9.17, 15) is 24.6 Å². The number of aliphatic hydroxyl groups excluding tert-OH is 1. The van der Waals surface area contributed by atoms with E-state index >= 15 is 0 Å². The van der Waals surface area contributed by atoms with Crippen LogP contribution in [0.3, 0.4) is 0 Å². The Morgan fingerprint density at radius 1 is 1.39 bits per heavy atom. The molecule has 10 heteroatoms. The van der Waals surface area contributed by atoms with Gasteiger partial charge in [0.2, 0.25) is 11.8 Å². The number of carboxylic acid groups (broad SMARTS) is 1. The maximum atomic E-state index is 12.9. The van der Waals surface area contributed by atoms with E-state index in [1.807, 2.05) is 18.9 Å². The van der Waals surface area contributed by atoms with Crippen LogP contribution in [0.25, 0.3) is 0 Å². The van der Waals surface area contributed by atoms with Gasteiger partial charge in [0.05, 0.1) is 24.1 Å². The van der Waals surface area contributed by atoms with Gasteiger partial charge in [0.1, 0.15) is 5.70 Å². The van der Waals surface area contributed by atoms with Gasteiger partial charge in [-0.15, -0.1) is 11.8 Å². The monoisotopic (exact) mass is 452 g/mol. The standard InChI is InChI=1S/C21H32N4O5S/c1-10-16-15(11(2)26)20(28)25(16)17(21(29)30)18(10)31-13-6-14(23-8-13)19(27)24-5-4-12(9-24)7-22-3/h10-16,22-23,26H,4-9H2,1-3H3,(H,29,30)/t10-,11-,12-,13?,14+,15?,16-/m1/s1. The summed E-state index contributed by atoms with van der Waals surface area (Å²) >= 11 is 1.48. The zero-order valence-corrected chi connectivity index (χ0v) is 19.0. The summed E-state index contributed by atoms with van der Waals surface area (Å²) in [5, 5.41) is 26.3. The molecule has 0 aliphatic carbocycles. The average molecular weight is 453 g/mol. The zero-order valence-electron chi connectivity index (χ0n) is 18.2. The van der Waals surface area contributed by atoms with Crippen molar-refractivity contribution in [3.05, 3.63) is 10.6 Å². The molecule has 31 heavy (non-hydrogen) atoms. The lowest BCUT2D eigenvalue weighted by Crippen LogP contribution is -2.63. The number of fused-ring (bicyclic) bond motifs is 1. The number of aliphatic carboxylic acids is 1. The summed E-state index contributed by atoms with van der Waals surface area (Å²) in [6, 6.07) is -0.554. The van der Waals surface area contributed by atoms with Crippen molar-refractivity contribution in [3.63, 3.8) is 0 Å². The minimum Gasteiger partial charge on any atom is -0.477 e. The Morgan fingerprint density at radius 2 is 2.13 bits per heavy atom. The van der Waals surface area contributed by atoms with Gasteiger partial charge < -0.3 is 30.6 Å². The maximum Gasteiger partial charge on any atom is 0.353 e. The lowest BCUT2D eigenvalue weighted by Gasteiger charge is -2.46. The van der Waals surface area contributed by atoms with Crippen molar-refractivity contribution in [1.29, 1.82) is 0 Å². The molecule has 0 spiro atoms. The van der Waals surface area contributed by atoms with E-state index in [4.69, 9.17) is 0 Å². The van der Waals surface area contributed by atoms with Gasteiger partial charge in [-0.3, -0.25) is 9.59 Å². The van der Waals surface area contributed by atoms with Gasteiger partial charge in [-0.2, -0.15) is 0 Å². The molecule has 2 amide bonds. The number of hydrogen-bond donors (Lipinski definition) is 4. The third kappa shape index (κ3) is 3.88. The number of carbonyl (C=O) groups is 3. The van der Waals surface area contributed by atoms with Crippen molar-refractivity contribution in [2.24, 2.45) is 17.8 Å². The van der Waals surface area contributed by atoms with Crippen molar-refractivity contribution < 1.29 is 24.6 Å². The van der Waals surface area contributed by atoms with Crippen molar-refractivity contribution in [2.45, 2.75) is 50.1 Å². The molecule has 4 aliphatic rings. The third-order valence-corrected chi connectivity index (χ3v) is 8.60. The Kier molecular flexibility index (Phi) is 6.35. The summed E-state index contributed by atoms with van der Waals surface area (Å²) < 4.78 is 0. The fraction of sp³-hybridized carbons (Fsp3) is 0.762. The van der Waals surface area contributed by atoms with E-state index in [0.29, 0.717) is 23.8 Å². The summed E-state index contributed by atoms with van der Waals surface area (Å²) in [7, 11) is 1.93. The summed E-state index contributed by atoms with van der Waals surface area (Å²) in [5.41, 5.74) is 0.0497. The molecule has 3 fully saturated rings. The summed E-state index contributed by atoms with van der Waals surface area (Å²) in [6.45, 7) is 6.60. The van der Waals surface area contributed by atoms with Gasteiger partial charge in [-0.1, -0.05) is 6.92 Å². The normalized spacial score (nSPS) is 36.1. The second kappa shape index (κ2) is 8.73. The number of rotatable bonds is 7. The second-order valence-corrected chi connectivity index (χ2v) is 10.5. The van der Waals surface area contributed by atoms with Gasteiger partial charge in [0.25, 0.3) is 0 Å². The van der Waals surface area contributed by atoms with Crippen LogP contribution in [0.2, 0.25) is 0 Å². The Balaban J connectivity index is 1.41. The second-order valence-electron chi connectivity index (χ2n) is 9.20. The summed E-state index contributed by atoms with van der Waals surface area (Å²) in [5.74, 6) is -1.51. The van der Waals surface area contributed by atoms with Gasteiger partial charge in [0, 0.05) is 35.7 Å². The first-order valence-electron chi connectivity index (χ1n) is 11.1. The van der Waals surface area contributed by atoms with E-state index in [0.717, 1.165) is 26.1 Å². The number of nitrogens with zero attached hydrogens (tertiary/aromatic N) is 2. The molecule has 0 radical (unpaired) electrons. The Bertz CT molecular complexity index is 803. The highest BCUT2D eigenvalue weighted by Crippen LogP contribution is 2.51. The number of β-lactam (4-membered cyclic amide) rings is 1. The van der Waals surface area contributed by atoms with Crippen molar-refractivity contribution in [1.82, 2.24) is 20.4 Å². The molecule has 9 nitrogen and oxygen atoms in total. The highest BCUT2D eigenvalue weighted by Gasteiger charge is 2.60. The molecule has 4 heterocycles. The quantitative estimate of drug-likeness (QED) is 0.388. The van der Waals surface area contributed by atoms with Crippen LogP contribution in [0.1, 0.15) is 26.7 Å². The first kappa shape index (κ1) is 22.6. The number of likely N-dealkylation sites (tertiary alicyclic amines) is 1. The van der Waals surface area contributed by atoms with E-state index in [-0.39, 0.29) is 40.8 Å². The third-order valence-electron chi connectivity index (χ3n) is 7.08. The molecule has 4 N–H and O–H groups in total. The van der Waals surface area contributed by atoms with Crippen LogP contribution in [-0.2, 0) is 14.4 Å². The fourth-order valence-corrected chi connectivity index (χ4v) is 7.03. The molecule has 7 atom stereocenters. The largest absolute Gasteiger partial charge is 0.477 e. The molecule has 0 aromatic carbocycles. The molecular weight excluding hydrogens is 420 g/mol. The number of aliphatic hydroxyl groups is 1. The van der Waals surface area contributed by atoms with Crippen LogP contribution in [0.4, 0.5) is 0 Å².